The summed E-state index contributed by atoms with van der Waals surface area (Å²) in [6, 6.07) is 0. The number of nitrogens with one attached hydrogen (secondary N) is 1. The van der Waals surface area contributed by atoms with Crippen LogP contribution in [0.4, 0.5) is 0 Å². The average Bonchev–Trinajstić information content (AvgIpc) is 2.65. The lowest BCUT2D eigenvalue weighted by Gasteiger charge is -2.03. The molecule has 0 spiro atoms. The molecule has 108 valence electrons. The van der Waals surface area contributed by atoms with Gasteiger partial charge in [0.2, 0.25) is 0 Å². The molecule has 1 aromatic rings. The number of rotatable bonds is 5. The van der Waals surface area contributed by atoms with Crippen LogP contribution >= 0.6 is 35.3 Å². The van der Waals surface area contributed by atoms with Crippen molar-refractivity contribution in [1.82, 2.24) is 10.3 Å². The van der Waals surface area contributed by atoms with Crippen LogP contribution < -0.4 is 11.1 Å². The van der Waals surface area contributed by atoms with Gasteiger partial charge in [-0.1, -0.05) is 26.0 Å². The quantitative estimate of drug-likeness (QED) is 0.349. The van der Waals surface area contributed by atoms with Crippen LogP contribution in [0, 0.1) is 6.92 Å². The number of thiazole rings is 1. The highest BCUT2D eigenvalue weighted by atomic mass is 127. The molecule has 0 aliphatic heterocycles. The maximum absolute atomic E-state index is 5.75. The minimum atomic E-state index is 0. The van der Waals surface area contributed by atoms with Crippen molar-refractivity contribution in [3.63, 3.8) is 0 Å². The summed E-state index contributed by atoms with van der Waals surface area (Å²) in [6.07, 6.45) is 0. The van der Waals surface area contributed by atoms with Gasteiger partial charge in [0.05, 0.1) is 12.2 Å². The molecule has 0 saturated carbocycles. The van der Waals surface area contributed by atoms with Crippen molar-refractivity contribution in [2.75, 3.05) is 6.54 Å². The molecule has 0 aliphatic carbocycles. The minimum Gasteiger partial charge on any atom is -0.370 e. The number of hydrogen-bond acceptors (Lipinski definition) is 3. The lowest BCUT2D eigenvalue weighted by Crippen LogP contribution is -2.32. The van der Waals surface area contributed by atoms with Gasteiger partial charge in [-0.2, -0.15) is 0 Å². The van der Waals surface area contributed by atoms with Crippen molar-refractivity contribution in [2.24, 2.45) is 10.7 Å². The van der Waals surface area contributed by atoms with E-state index in [0.29, 0.717) is 25.0 Å². The van der Waals surface area contributed by atoms with E-state index in [9.17, 15) is 0 Å². The maximum Gasteiger partial charge on any atom is 0.189 e. The third-order valence-corrected chi connectivity index (χ3v) is 3.35. The zero-order valence-electron chi connectivity index (χ0n) is 12.0. The third kappa shape index (κ3) is 6.38. The van der Waals surface area contributed by atoms with E-state index in [4.69, 9.17) is 5.73 Å². The number of aryl methyl sites for hydroxylation is 1. The van der Waals surface area contributed by atoms with Gasteiger partial charge in [-0.15, -0.1) is 35.3 Å². The molecule has 3 N–H and O–H groups in total. The molecule has 4 nitrogen and oxygen atoms in total. The number of nitrogens with two attached hydrogens (primary N) is 1. The highest BCUT2D eigenvalue weighted by Gasteiger charge is 2.10. The Morgan fingerprint density at radius 2 is 2.16 bits per heavy atom. The van der Waals surface area contributed by atoms with Gasteiger partial charge >= 0.3 is 0 Å². The van der Waals surface area contributed by atoms with Crippen molar-refractivity contribution in [3.8, 4) is 0 Å². The smallest absolute Gasteiger partial charge is 0.189 e. The predicted molar refractivity (Wildman–Crippen MR) is 94.5 cm³/mol. The Balaban J connectivity index is 0.00000324. The summed E-state index contributed by atoms with van der Waals surface area (Å²) in [7, 11) is 0. The molecule has 0 bridgehead atoms. The van der Waals surface area contributed by atoms with Gasteiger partial charge in [0.1, 0.15) is 5.01 Å². The zero-order chi connectivity index (χ0) is 13.7. The first kappa shape index (κ1) is 18.4. The standard InChI is InChI=1S/C13H22N4S.HI/c1-8(2)6-15-13(14)16-7-11-17-12(9(3)4)10(5)18-11;/h9H,1,6-7H2,2-5H3,(H3,14,15,16);1H. The number of aliphatic imine (C=N–C) groups is 1. The van der Waals surface area contributed by atoms with E-state index in [-0.39, 0.29) is 24.0 Å². The first-order valence-corrected chi connectivity index (χ1v) is 6.86. The van der Waals surface area contributed by atoms with Crippen LogP contribution in [-0.2, 0) is 6.54 Å². The van der Waals surface area contributed by atoms with Crippen LogP contribution in [0.25, 0.3) is 0 Å². The fourth-order valence-corrected chi connectivity index (χ4v) is 2.53. The average molecular weight is 394 g/mol. The summed E-state index contributed by atoms with van der Waals surface area (Å²) in [5, 5.41) is 4.01. The van der Waals surface area contributed by atoms with E-state index in [1.807, 2.05) is 6.92 Å². The second-order valence-corrected chi connectivity index (χ2v) is 6.00. The normalized spacial score (nSPS) is 11.3. The molecule has 0 aromatic carbocycles. The van der Waals surface area contributed by atoms with Gasteiger partial charge in [0, 0.05) is 11.4 Å². The molecular formula is C13H23IN4S. The predicted octanol–water partition coefficient (Wildman–Crippen LogP) is 3.17. The van der Waals surface area contributed by atoms with E-state index in [0.717, 1.165) is 10.6 Å². The maximum atomic E-state index is 5.75. The molecule has 0 saturated heterocycles. The van der Waals surface area contributed by atoms with Crippen molar-refractivity contribution in [2.45, 2.75) is 40.2 Å². The Hall–Kier alpha value is -0.630. The molecular weight excluding hydrogens is 371 g/mol. The second-order valence-electron chi connectivity index (χ2n) is 4.72. The highest BCUT2D eigenvalue weighted by molar-refractivity contribution is 14.0. The summed E-state index contributed by atoms with van der Waals surface area (Å²) in [4.78, 5) is 10.1. The van der Waals surface area contributed by atoms with E-state index in [1.54, 1.807) is 11.3 Å². The Morgan fingerprint density at radius 1 is 1.53 bits per heavy atom. The van der Waals surface area contributed by atoms with Crippen LogP contribution in [-0.4, -0.2) is 17.5 Å². The van der Waals surface area contributed by atoms with Crippen LogP contribution in [0.1, 0.15) is 42.3 Å². The Labute approximate surface area is 136 Å². The first-order chi connectivity index (χ1) is 8.40. The molecule has 0 fully saturated rings. The number of hydrogen-bond donors (Lipinski definition) is 2. The zero-order valence-corrected chi connectivity index (χ0v) is 15.1. The molecule has 1 heterocycles. The number of nitrogens with zero attached hydrogens (tertiary/aromatic N) is 2. The second kappa shape index (κ2) is 8.52. The summed E-state index contributed by atoms with van der Waals surface area (Å²) in [6.45, 7) is 13.3. The largest absolute Gasteiger partial charge is 0.370 e. The van der Waals surface area contributed by atoms with E-state index >= 15 is 0 Å². The van der Waals surface area contributed by atoms with Crippen LogP contribution in [0.2, 0.25) is 0 Å². The highest BCUT2D eigenvalue weighted by Crippen LogP contribution is 2.24. The molecule has 0 atom stereocenters. The van der Waals surface area contributed by atoms with E-state index in [2.05, 4.69) is 42.6 Å². The summed E-state index contributed by atoms with van der Waals surface area (Å²) in [5.41, 5.74) is 7.94. The monoisotopic (exact) mass is 394 g/mol. The Morgan fingerprint density at radius 3 is 2.63 bits per heavy atom. The Bertz CT molecular complexity index is 451. The van der Waals surface area contributed by atoms with Gasteiger partial charge in [-0.05, 0) is 19.8 Å². The molecule has 6 heteroatoms. The fraction of sp³-hybridized carbons (Fsp3) is 0.538. The van der Waals surface area contributed by atoms with Crippen molar-refractivity contribution in [1.29, 1.82) is 0 Å². The van der Waals surface area contributed by atoms with Gasteiger partial charge in [-0.25, -0.2) is 9.98 Å². The van der Waals surface area contributed by atoms with E-state index in [1.165, 1.54) is 10.6 Å². The summed E-state index contributed by atoms with van der Waals surface area (Å²) < 4.78 is 0. The van der Waals surface area contributed by atoms with E-state index < -0.39 is 0 Å². The molecule has 0 amide bonds. The molecule has 0 aliphatic rings. The van der Waals surface area contributed by atoms with Gasteiger partial charge in [-0.3, -0.25) is 0 Å². The van der Waals surface area contributed by atoms with Gasteiger partial charge in [0.25, 0.3) is 0 Å². The molecule has 0 radical (unpaired) electrons. The minimum absolute atomic E-state index is 0. The Kier molecular flexibility index (Phi) is 8.24. The van der Waals surface area contributed by atoms with Crippen LogP contribution in [0.3, 0.4) is 0 Å². The van der Waals surface area contributed by atoms with Crippen molar-refractivity contribution >= 4 is 41.3 Å². The lowest BCUT2D eigenvalue weighted by molar-refractivity contribution is 0.813. The fourth-order valence-electron chi connectivity index (χ4n) is 1.52. The lowest BCUT2D eigenvalue weighted by atomic mass is 10.1. The number of guanidine groups is 1. The topological polar surface area (TPSA) is 63.3 Å². The third-order valence-electron chi connectivity index (χ3n) is 2.38. The van der Waals surface area contributed by atoms with Crippen molar-refractivity contribution in [3.05, 3.63) is 27.7 Å². The first-order valence-electron chi connectivity index (χ1n) is 6.04. The SMILES string of the molecule is C=C(C)CNC(N)=NCc1nc(C(C)C)c(C)s1.I. The van der Waals surface area contributed by atoms with Gasteiger partial charge in [0.15, 0.2) is 5.96 Å². The van der Waals surface area contributed by atoms with Crippen LogP contribution in [0.15, 0.2) is 17.1 Å². The van der Waals surface area contributed by atoms with Crippen molar-refractivity contribution < 1.29 is 0 Å². The van der Waals surface area contributed by atoms with Crippen LogP contribution in [0.5, 0.6) is 0 Å². The summed E-state index contributed by atoms with van der Waals surface area (Å²) >= 11 is 1.69. The molecule has 19 heavy (non-hydrogen) atoms. The molecule has 1 aromatic heterocycles. The number of aromatic nitrogens is 1. The molecule has 1 rings (SSSR count). The number of halogens is 1. The summed E-state index contributed by atoms with van der Waals surface area (Å²) in [5.74, 6) is 0.898. The van der Waals surface area contributed by atoms with Gasteiger partial charge < -0.3 is 11.1 Å². The molecule has 0 unspecified atom stereocenters.